The zero-order valence-electron chi connectivity index (χ0n) is 22.4. The summed E-state index contributed by atoms with van der Waals surface area (Å²) in [5.41, 5.74) is 10.7. The first-order chi connectivity index (χ1) is 20.8. The molecular formula is C38H21N3O. The molecule has 0 aliphatic rings. The molecule has 0 bridgehead atoms. The molecule has 194 valence electrons. The van der Waals surface area contributed by atoms with Crippen molar-refractivity contribution in [3.63, 3.8) is 0 Å². The van der Waals surface area contributed by atoms with Crippen molar-refractivity contribution in [2.75, 3.05) is 0 Å². The van der Waals surface area contributed by atoms with Gasteiger partial charge < -0.3 is 8.82 Å². The van der Waals surface area contributed by atoms with E-state index < -0.39 is 0 Å². The molecule has 0 saturated carbocycles. The monoisotopic (exact) mass is 535 g/mol. The Morgan fingerprint density at radius 1 is 0.500 bits per heavy atom. The predicted octanol–water partition coefficient (Wildman–Crippen LogP) is 10.0. The maximum Gasteiger partial charge on any atom is 0.161 e. The zero-order chi connectivity index (χ0) is 27.4. The van der Waals surface area contributed by atoms with Crippen LogP contribution in [0.25, 0.3) is 93.6 Å². The van der Waals surface area contributed by atoms with Gasteiger partial charge in [-0.2, -0.15) is 0 Å². The first-order valence-electron chi connectivity index (χ1n) is 14.2. The van der Waals surface area contributed by atoms with E-state index in [0.717, 1.165) is 66.7 Å². The Bertz CT molecular complexity index is 2680. The van der Waals surface area contributed by atoms with E-state index in [9.17, 15) is 0 Å². The third-order valence-corrected chi connectivity index (χ3v) is 8.70. The van der Waals surface area contributed by atoms with Crippen LogP contribution in [0.3, 0.4) is 0 Å². The van der Waals surface area contributed by atoms with Crippen LogP contribution < -0.4 is 0 Å². The normalized spacial score (nSPS) is 12.3. The Labute approximate surface area is 239 Å². The molecule has 0 aliphatic carbocycles. The van der Waals surface area contributed by atoms with E-state index in [1.807, 2.05) is 42.5 Å². The highest BCUT2D eigenvalue weighted by molar-refractivity contribution is 6.31. The van der Waals surface area contributed by atoms with Gasteiger partial charge in [-0.1, -0.05) is 91.0 Å². The molecule has 4 heteroatoms. The van der Waals surface area contributed by atoms with E-state index in [4.69, 9.17) is 14.4 Å². The zero-order valence-corrected chi connectivity index (χ0v) is 22.4. The van der Waals surface area contributed by atoms with Gasteiger partial charge in [0.2, 0.25) is 0 Å². The fraction of sp³-hybridized carbons (Fsp3) is 0. The lowest BCUT2D eigenvalue weighted by molar-refractivity contribution is 0.673. The van der Waals surface area contributed by atoms with Crippen LogP contribution in [0.2, 0.25) is 0 Å². The quantitative estimate of drug-likeness (QED) is 0.221. The third-order valence-electron chi connectivity index (χ3n) is 8.70. The van der Waals surface area contributed by atoms with Gasteiger partial charge in [0.05, 0.1) is 38.8 Å². The van der Waals surface area contributed by atoms with Crippen molar-refractivity contribution in [3.8, 4) is 22.5 Å². The summed E-state index contributed by atoms with van der Waals surface area (Å²) in [5, 5.41) is 7.16. The van der Waals surface area contributed by atoms with Gasteiger partial charge in [0.1, 0.15) is 11.1 Å². The molecular weight excluding hydrogens is 514 g/mol. The lowest BCUT2D eigenvalue weighted by Gasteiger charge is -2.11. The molecule has 0 atom stereocenters. The first-order valence-corrected chi connectivity index (χ1v) is 14.2. The van der Waals surface area contributed by atoms with Crippen LogP contribution in [0.4, 0.5) is 0 Å². The molecule has 0 amide bonds. The van der Waals surface area contributed by atoms with Gasteiger partial charge >= 0.3 is 0 Å². The highest BCUT2D eigenvalue weighted by atomic mass is 16.3. The second kappa shape index (κ2) is 7.93. The summed E-state index contributed by atoms with van der Waals surface area (Å²) in [6.07, 6.45) is 0. The number of para-hydroxylation sites is 3. The molecule has 4 nitrogen and oxygen atoms in total. The van der Waals surface area contributed by atoms with E-state index in [0.29, 0.717) is 0 Å². The molecule has 0 radical (unpaired) electrons. The van der Waals surface area contributed by atoms with E-state index >= 15 is 0 Å². The average Bonchev–Trinajstić information content (AvgIpc) is 3.54. The summed E-state index contributed by atoms with van der Waals surface area (Å²) in [6, 6.07) is 44.6. The molecule has 10 rings (SSSR count). The summed E-state index contributed by atoms with van der Waals surface area (Å²) < 4.78 is 9.11. The molecule has 0 spiro atoms. The van der Waals surface area contributed by atoms with Crippen molar-refractivity contribution in [1.29, 1.82) is 0 Å². The lowest BCUT2D eigenvalue weighted by Crippen LogP contribution is -1.95. The number of hydrogen-bond acceptors (Lipinski definition) is 3. The topological polar surface area (TPSA) is 43.3 Å². The highest BCUT2D eigenvalue weighted by Gasteiger charge is 2.23. The van der Waals surface area contributed by atoms with E-state index in [-0.39, 0.29) is 0 Å². The Morgan fingerprint density at radius 3 is 2.07 bits per heavy atom. The second-order valence-electron chi connectivity index (χ2n) is 11.0. The van der Waals surface area contributed by atoms with Crippen LogP contribution in [0.5, 0.6) is 0 Å². The van der Waals surface area contributed by atoms with Gasteiger partial charge in [-0.3, -0.25) is 0 Å². The summed E-state index contributed by atoms with van der Waals surface area (Å²) in [6.45, 7) is 0. The Kier molecular flexibility index (Phi) is 4.15. The SMILES string of the molecule is c1ccc(-c2nc3ccccc3nc2-c2ccc3c(c2)c2oc4ccc5cccc6c7ccccc7n3c2c4c56)cc1. The summed E-state index contributed by atoms with van der Waals surface area (Å²) in [7, 11) is 0. The van der Waals surface area contributed by atoms with Crippen LogP contribution >= 0.6 is 0 Å². The van der Waals surface area contributed by atoms with Crippen molar-refractivity contribution >= 4 is 71.1 Å². The van der Waals surface area contributed by atoms with Crippen molar-refractivity contribution in [3.05, 3.63) is 127 Å². The molecule has 4 heterocycles. The van der Waals surface area contributed by atoms with Gasteiger partial charge in [0.15, 0.2) is 5.58 Å². The van der Waals surface area contributed by atoms with Crippen molar-refractivity contribution < 1.29 is 4.42 Å². The number of fused-ring (bicyclic) bond motifs is 7. The van der Waals surface area contributed by atoms with E-state index in [1.54, 1.807) is 0 Å². The minimum Gasteiger partial charge on any atom is -0.454 e. The molecule has 10 aromatic rings. The molecule has 6 aromatic carbocycles. The number of hydrogen-bond donors (Lipinski definition) is 0. The van der Waals surface area contributed by atoms with Crippen LogP contribution in [0, 0.1) is 0 Å². The number of nitrogens with zero attached hydrogens (tertiary/aromatic N) is 3. The van der Waals surface area contributed by atoms with E-state index in [2.05, 4.69) is 89.3 Å². The van der Waals surface area contributed by atoms with Gasteiger partial charge in [-0.05, 0) is 47.2 Å². The van der Waals surface area contributed by atoms with Crippen molar-refractivity contribution in [2.24, 2.45) is 0 Å². The predicted molar refractivity (Wildman–Crippen MR) is 172 cm³/mol. The molecule has 42 heavy (non-hydrogen) atoms. The molecule has 0 fully saturated rings. The number of rotatable bonds is 2. The van der Waals surface area contributed by atoms with Gasteiger partial charge in [-0.25, -0.2) is 9.97 Å². The fourth-order valence-corrected chi connectivity index (χ4v) is 6.90. The smallest absolute Gasteiger partial charge is 0.161 e. The Balaban J connectivity index is 1.37. The number of aromatic nitrogens is 3. The summed E-state index contributed by atoms with van der Waals surface area (Å²) in [5.74, 6) is 0. The lowest BCUT2D eigenvalue weighted by atomic mass is 10.0. The molecule has 0 aliphatic heterocycles. The average molecular weight is 536 g/mol. The molecule has 0 saturated heterocycles. The third kappa shape index (κ3) is 2.80. The van der Waals surface area contributed by atoms with Gasteiger partial charge in [-0.15, -0.1) is 0 Å². The maximum atomic E-state index is 6.72. The summed E-state index contributed by atoms with van der Waals surface area (Å²) >= 11 is 0. The molecule has 0 unspecified atom stereocenters. The second-order valence-corrected chi connectivity index (χ2v) is 11.0. The molecule has 0 N–H and O–H groups in total. The first kappa shape index (κ1) is 22.0. The molecule has 4 aromatic heterocycles. The van der Waals surface area contributed by atoms with Crippen LogP contribution in [-0.4, -0.2) is 14.4 Å². The Morgan fingerprint density at radius 2 is 1.21 bits per heavy atom. The van der Waals surface area contributed by atoms with E-state index in [1.165, 1.54) is 26.9 Å². The minimum absolute atomic E-state index is 0.860. The van der Waals surface area contributed by atoms with Gasteiger partial charge in [0.25, 0.3) is 0 Å². The maximum absolute atomic E-state index is 6.72. The number of furan rings is 1. The fourth-order valence-electron chi connectivity index (χ4n) is 6.90. The van der Waals surface area contributed by atoms with Crippen LogP contribution in [-0.2, 0) is 0 Å². The van der Waals surface area contributed by atoms with Crippen molar-refractivity contribution in [1.82, 2.24) is 14.4 Å². The van der Waals surface area contributed by atoms with Crippen molar-refractivity contribution in [2.45, 2.75) is 0 Å². The largest absolute Gasteiger partial charge is 0.454 e. The number of benzene rings is 6. The standard InChI is InChI=1S/C38H21N3O/c1-2-9-23(10-3-1)35-36(40-29-15-6-5-14-28(29)39-35)24-17-19-31-27(21-24)38-37-34-32(42-38)20-18-22-11-8-13-26(33(22)34)25-12-4-7-16-30(25)41(31)37/h1-21H. The van der Waals surface area contributed by atoms with Crippen LogP contribution in [0.15, 0.2) is 132 Å². The minimum atomic E-state index is 0.860. The van der Waals surface area contributed by atoms with Gasteiger partial charge in [0, 0.05) is 27.3 Å². The Hall–Kier alpha value is -5.74. The summed E-state index contributed by atoms with van der Waals surface area (Å²) in [4.78, 5) is 10.3. The van der Waals surface area contributed by atoms with Crippen LogP contribution in [0.1, 0.15) is 0 Å². The highest BCUT2D eigenvalue weighted by Crippen LogP contribution is 2.45.